The Labute approximate surface area is 228 Å². The van der Waals surface area contributed by atoms with Gasteiger partial charge in [-0.15, -0.1) is 0 Å². The van der Waals surface area contributed by atoms with Crippen LogP contribution in [0.2, 0.25) is 0 Å². The van der Waals surface area contributed by atoms with Gasteiger partial charge in [-0.3, -0.25) is 14.4 Å². The van der Waals surface area contributed by atoms with Crippen LogP contribution in [0.15, 0.2) is 30.3 Å². The van der Waals surface area contributed by atoms with E-state index in [1.807, 2.05) is 58.0 Å². The van der Waals surface area contributed by atoms with Gasteiger partial charge in [0.05, 0.1) is 25.9 Å². The van der Waals surface area contributed by atoms with Crippen molar-refractivity contribution in [2.75, 3.05) is 13.2 Å². The van der Waals surface area contributed by atoms with Crippen LogP contribution in [-0.4, -0.2) is 55.4 Å². The summed E-state index contributed by atoms with van der Waals surface area (Å²) >= 11 is 0. The number of benzene rings is 1. The molecule has 1 amide bonds. The predicted octanol–water partition coefficient (Wildman–Crippen LogP) is 4.54. The number of nitrogens with one attached hydrogen (secondary N) is 1. The maximum Gasteiger partial charge on any atom is 0.302 e. The summed E-state index contributed by atoms with van der Waals surface area (Å²) < 4.78 is 23.9. The monoisotopic (exact) mass is 533 g/mol. The van der Waals surface area contributed by atoms with E-state index in [-0.39, 0.29) is 47.6 Å². The zero-order chi connectivity index (χ0) is 28.4. The van der Waals surface area contributed by atoms with Crippen LogP contribution in [0.1, 0.15) is 67.4 Å². The Kier molecular flexibility index (Phi) is 12.7. The molecule has 1 aromatic rings. The quantitative estimate of drug-likeness (QED) is 0.372. The van der Waals surface area contributed by atoms with Crippen molar-refractivity contribution in [2.24, 2.45) is 29.6 Å². The number of hydrogen-bond donors (Lipinski definition) is 1. The molecule has 0 unspecified atom stereocenters. The van der Waals surface area contributed by atoms with E-state index in [9.17, 15) is 14.4 Å². The van der Waals surface area contributed by atoms with Crippen molar-refractivity contribution in [3.63, 3.8) is 0 Å². The second-order valence-corrected chi connectivity index (χ2v) is 10.9. The molecule has 1 N–H and O–H groups in total. The first-order chi connectivity index (χ1) is 18.0. The van der Waals surface area contributed by atoms with Crippen molar-refractivity contribution >= 4 is 17.8 Å². The fourth-order valence-electron chi connectivity index (χ4n) is 5.66. The summed E-state index contributed by atoms with van der Waals surface area (Å²) in [6.07, 6.45) is -0.957. The van der Waals surface area contributed by atoms with E-state index in [4.69, 9.17) is 18.9 Å². The zero-order valence-corrected chi connectivity index (χ0v) is 24.3. The Hall–Kier alpha value is -2.45. The van der Waals surface area contributed by atoms with Gasteiger partial charge in [0.1, 0.15) is 12.2 Å². The molecule has 1 aliphatic heterocycles. The summed E-state index contributed by atoms with van der Waals surface area (Å²) in [6.45, 7) is 16.0. The SMILES string of the molecule is CCC(=O)N[C@@H]1[C@H](C)[C@H]([C@@H](C)[C@@H](OC(C)=O)[C@@H](C)[C@@H](OC(C)=O)[C@H](C)COCc2ccccc2)OC[C@H]1C. The summed E-state index contributed by atoms with van der Waals surface area (Å²) in [5.41, 5.74) is 1.06. The highest BCUT2D eigenvalue weighted by molar-refractivity contribution is 5.75. The lowest BCUT2D eigenvalue weighted by Crippen LogP contribution is -2.57. The summed E-state index contributed by atoms with van der Waals surface area (Å²) in [5.74, 6) is -1.34. The van der Waals surface area contributed by atoms with Crippen LogP contribution in [0.3, 0.4) is 0 Å². The molecule has 8 nitrogen and oxygen atoms in total. The molecule has 1 saturated heterocycles. The molecular weight excluding hydrogens is 486 g/mol. The van der Waals surface area contributed by atoms with Gasteiger partial charge in [0.2, 0.25) is 5.91 Å². The molecule has 0 spiro atoms. The van der Waals surface area contributed by atoms with Crippen LogP contribution in [-0.2, 0) is 39.9 Å². The maximum atomic E-state index is 12.2. The van der Waals surface area contributed by atoms with Crippen molar-refractivity contribution in [2.45, 2.75) is 92.8 Å². The maximum absolute atomic E-state index is 12.2. The van der Waals surface area contributed by atoms with Crippen molar-refractivity contribution < 1.29 is 33.3 Å². The van der Waals surface area contributed by atoms with E-state index in [1.165, 1.54) is 13.8 Å². The molecule has 1 aliphatic rings. The molecule has 1 aromatic carbocycles. The molecule has 214 valence electrons. The van der Waals surface area contributed by atoms with E-state index in [0.29, 0.717) is 26.2 Å². The van der Waals surface area contributed by atoms with Crippen molar-refractivity contribution in [1.29, 1.82) is 0 Å². The van der Waals surface area contributed by atoms with Gasteiger partial charge in [-0.2, -0.15) is 0 Å². The molecule has 0 aliphatic carbocycles. The fraction of sp³-hybridized carbons (Fsp3) is 0.700. The second kappa shape index (κ2) is 15.2. The van der Waals surface area contributed by atoms with Gasteiger partial charge in [-0.05, 0) is 5.56 Å². The van der Waals surface area contributed by atoms with Crippen LogP contribution >= 0.6 is 0 Å². The highest BCUT2D eigenvalue weighted by Gasteiger charge is 2.45. The number of carbonyl (C=O) groups excluding carboxylic acids is 3. The summed E-state index contributed by atoms with van der Waals surface area (Å²) in [5, 5.41) is 3.15. The number of carbonyl (C=O) groups is 3. The number of amides is 1. The molecule has 38 heavy (non-hydrogen) atoms. The largest absolute Gasteiger partial charge is 0.462 e. The third-order valence-electron chi connectivity index (χ3n) is 7.63. The standard InChI is InChI=1S/C30H47NO7/c1-9-26(34)31-27-18(2)16-36-29(20(27)4)22(6)30(38-24(8)33)21(5)28(37-23(7)32)19(3)15-35-17-25-13-11-10-12-14-25/h10-14,18-22,27-30H,9,15-17H2,1-8H3,(H,31,34)/t18-,19-,20+,21+,22-,27+,28+,29-,30+/m1/s1. The van der Waals surface area contributed by atoms with Crippen molar-refractivity contribution in [1.82, 2.24) is 5.32 Å². The smallest absolute Gasteiger partial charge is 0.302 e. The third kappa shape index (κ3) is 9.09. The van der Waals surface area contributed by atoms with Gasteiger partial charge in [0, 0.05) is 55.9 Å². The van der Waals surface area contributed by atoms with Crippen molar-refractivity contribution in [3.05, 3.63) is 35.9 Å². The molecule has 0 aromatic heterocycles. The first-order valence-corrected chi connectivity index (χ1v) is 13.8. The Morgan fingerprint density at radius 2 is 1.61 bits per heavy atom. The average Bonchev–Trinajstić information content (AvgIpc) is 2.87. The highest BCUT2D eigenvalue weighted by Crippen LogP contribution is 2.36. The Morgan fingerprint density at radius 3 is 2.18 bits per heavy atom. The van der Waals surface area contributed by atoms with Gasteiger partial charge in [0.15, 0.2) is 0 Å². The van der Waals surface area contributed by atoms with Gasteiger partial charge in [0.25, 0.3) is 0 Å². The number of rotatable bonds is 13. The van der Waals surface area contributed by atoms with Gasteiger partial charge >= 0.3 is 11.9 Å². The Balaban J connectivity index is 2.21. The third-order valence-corrected chi connectivity index (χ3v) is 7.63. The van der Waals surface area contributed by atoms with Crippen LogP contribution in [0.25, 0.3) is 0 Å². The average molecular weight is 534 g/mol. The first-order valence-electron chi connectivity index (χ1n) is 13.8. The van der Waals surface area contributed by atoms with E-state index in [1.54, 1.807) is 0 Å². The van der Waals surface area contributed by atoms with Gasteiger partial charge in [-0.25, -0.2) is 0 Å². The molecule has 1 heterocycles. The number of esters is 2. The molecule has 2 rings (SSSR count). The van der Waals surface area contributed by atoms with Crippen LogP contribution in [0, 0.1) is 29.6 Å². The van der Waals surface area contributed by atoms with E-state index in [2.05, 4.69) is 19.2 Å². The predicted molar refractivity (Wildman–Crippen MR) is 145 cm³/mol. The molecule has 1 fully saturated rings. The molecule has 0 bridgehead atoms. The summed E-state index contributed by atoms with van der Waals surface area (Å²) in [4.78, 5) is 36.5. The number of hydrogen-bond acceptors (Lipinski definition) is 7. The highest BCUT2D eigenvalue weighted by atomic mass is 16.6. The summed E-state index contributed by atoms with van der Waals surface area (Å²) in [7, 11) is 0. The van der Waals surface area contributed by atoms with E-state index >= 15 is 0 Å². The van der Waals surface area contributed by atoms with E-state index in [0.717, 1.165) is 5.56 Å². The second-order valence-electron chi connectivity index (χ2n) is 10.9. The minimum atomic E-state index is -0.572. The minimum Gasteiger partial charge on any atom is -0.462 e. The minimum absolute atomic E-state index is 0.00570. The normalized spacial score (nSPS) is 25.4. The molecule has 0 radical (unpaired) electrons. The first kappa shape index (κ1) is 31.8. The van der Waals surface area contributed by atoms with Gasteiger partial charge < -0.3 is 24.3 Å². The van der Waals surface area contributed by atoms with Gasteiger partial charge in [-0.1, -0.05) is 71.9 Å². The lowest BCUT2D eigenvalue weighted by Gasteiger charge is -2.46. The molecular formula is C30H47NO7. The van der Waals surface area contributed by atoms with Crippen LogP contribution in [0.4, 0.5) is 0 Å². The fourth-order valence-corrected chi connectivity index (χ4v) is 5.66. The zero-order valence-electron chi connectivity index (χ0n) is 24.3. The molecule has 0 saturated carbocycles. The number of ether oxygens (including phenoxy) is 4. The topological polar surface area (TPSA) is 100 Å². The Morgan fingerprint density at radius 1 is 1.00 bits per heavy atom. The molecule has 8 heteroatoms. The van der Waals surface area contributed by atoms with Crippen LogP contribution in [0.5, 0.6) is 0 Å². The van der Waals surface area contributed by atoms with Crippen LogP contribution < -0.4 is 5.32 Å². The van der Waals surface area contributed by atoms with E-state index < -0.39 is 24.1 Å². The molecule has 9 atom stereocenters. The van der Waals surface area contributed by atoms with Crippen molar-refractivity contribution in [3.8, 4) is 0 Å². The lowest BCUT2D eigenvalue weighted by atomic mass is 9.74. The lowest BCUT2D eigenvalue weighted by molar-refractivity contribution is -0.177. The summed E-state index contributed by atoms with van der Waals surface area (Å²) in [6, 6.07) is 9.83. The Bertz CT molecular complexity index is 892.